The average molecular weight is 526 g/mol. The predicted molar refractivity (Wildman–Crippen MR) is 139 cm³/mol. The Balaban J connectivity index is 1.95. The Labute approximate surface area is 215 Å². The highest BCUT2D eigenvalue weighted by atomic mass is 32.2. The number of anilines is 1. The quantitative estimate of drug-likeness (QED) is 0.365. The predicted octanol–water partition coefficient (Wildman–Crippen LogP) is 4.44. The molecule has 0 radical (unpaired) electrons. The van der Waals surface area contributed by atoms with Gasteiger partial charge >= 0.3 is 0 Å². The number of ether oxygens (including phenoxy) is 1. The molecule has 0 saturated carbocycles. The first kappa shape index (κ1) is 26.2. The van der Waals surface area contributed by atoms with Crippen LogP contribution in [0.2, 0.25) is 0 Å². The van der Waals surface area contributed by atoms with E-state index in [4.69, 9.17) is 4.74 Å². The molecule has 0 bridgehead atoms. The van der Waals surface area contributed by atoms with Gasteiger partial charge in [-0.25, -0.2) is 22.3 Å². The van der Waals surface area contributed by atoms with E-state index >= 15 is 0 Å². The molecule has 37 heavy (non-hydrogen) atoms. The number of rotatable bonds is 8. The van der Waals surface area contributed by atoms with Crippen LogP contribution < -0.4 is 10.1 Å². The summed E-state index contributed by atoms with van der Waals surface area (Å²) in [5, 5.41) is 7.26. The van der Waals surface area contributed by atoms with E-state index in [1.54, 1.807) is 30.5 Å². The van der Waals surface area contributed by atoms with Crippen LogP contribution in [0.1, 0.15) is 35.7 Å². The molecule has 2 heterocycles. The normalized spacial score (nSPS) is 11.8. The molecular formula is C26H28FN5O4S. The van der Waals surface area contributed by atoms with Crippen LogP contribution in [0.4, 0.5) is 10.1 Å². The van der Waals surface area contributed by atoms with Gasteiger partial charge in [0.05, 0.1) is 12.7 Å². The van der Waals surface area contributed by atoms with Gasteiger partial charge in [-0.05, 0) is 61.9 Å². The molecule has 1 N–H and O–H groups in total. The van der Waals surface area contributed by atoms with Crippen molar-refractivity contribution in [2.45, 2.75) is 32.6 Å². The molecule has 0 aliphatic rings. The first-order valence-corrected chi connectivity index (χ1v) is 13.2. The minimum absolute atomic E-state index is 0.0233. The summed E-state index contributed by atoms with van der Waals surface area (Å²) in [4.78, 5) is 18.0. The molecule has 0 aliphatic carbocycles. The van der Waals surface area contributed by atoms with E-state index in [0.29, 0.717) is 28.2 Å². The van der Waals surface area contributed by atoms with Crippen molar-refractivity contribution in [2.24, 2.45) is 0 Å². The first-order chi connectivity index (χ1) is 17.6. The Kier molecular flexibility index (Phi) is 7.28. The number of hydrogen-bond donors (Lipinski definition) is 1. The van der Waals surface area contributed by atoms with Gasteiger partial charge in [0, 0.05) is 30.2 Å². The lowest BCUT2D eigenvalue weighted by atomic mass is 10.0. The van der Waals surface area contributed by atoms with Crippen LogP contribution in [0.5, 0.6) is 5.75 Å². The van der Waals surface area contributed by atoms with E-state index in [1.165, 1.54) is 41.7 Å². The number of methoxy groups -OCH3 is 1. The Morgan fingerprint density at radius 1 is 1.08 bits per heavy atom. The van der Waals surface area contributed by atoms with E-state index in [2.05, 4.69) is 15.4 Å². The maximum absolute atomic E-state index is 13.5. The van der Waals surface area contributed by atoms with E-state index in [1.807, 2.05) is 19.9 Å². The SMILES string of the molecule is CCN(CC)S(=O)(=O)c1cc(-c2c(C(=O)Nc3ccc(F)cc3)nn3c(C)cc(C)nc23)ccc1OC. The highest BCUT2D eigenvalue weighted by Crippen LogP contribution is 2.35. The third-order valence-electron chi connectivity index (χ3n) is 5.99. The molecule has 0 unspecified atom stereocenters. The van der Waals surface area contributed by atoms with Crippen molar-refractivity contribution in [1.29, 1.82) is 0 Å². The average Bonchev–Trinajstić information content (AvgIpc) is 3.25. The van der Waals surface area contributed by atoms with Crippen LogP contribution in [0, 0.1) is 19.7 Å². The molecule has 0 aliphatic heterocycles. The summed E-state index contributed by atoms with van der Waals surface area (Å²) < 4.78 is 48.5. The number of sulfonamides is 1. The third kappa shape index (κ3) is 4.92. The second kappa shape index (κ2) is 10.3. The number of aryl methyl sites for hydroxylation is 2. The monoisotopic (exact) mass is 525 g/mol. The van der Waals surface area contributed by atoms with Crippen molar-refractivity contribution in [3.8, 4) is 16.9 Å². The molecule has 2 aromatic carbocycles. The lowest BCUT2D eigenvalue weighted by molar-refractivity contribution is 0.102. The van der Waals surface area contributed by atoms with Crippen LogP contribution in [-0.4, -0.2) is 53.4 Å². The molecule has 1 amide bonds. The number of carbonyl (C=O) groups excluding carboxylic acids is 1. The van der Waals surface area contributed by atoms with Crippen molar-refractivity contribution in [3.63, 3.8) is 0 Å². The van der Waals surface area contributed by atoms with Gasteiger partial charge in [0.1, 0.15) is 16.5 Å². The van der Waals surface area contributed by atoms with Crippen molar-refractivity contribution in [3.05, 3.63) is 71.4 Å². The highest BCUT2D eigenvalue weighted by Gasteiger charge is 2.29. The molecule has 194 valence electrons. The smallest absolute Gasteiger partial charge is 0.276 e. The highest BCUT2D eigenvalue weighted by molar-refractivity contribution is 7.89. The van der Waals surface area contributed by atoms with Crippen LogP contribution in [0.25, 0.3) is 16.8 Å². The maximum atomic E-state index is 13.5. The third-order valence-corrected chi connectivity index (χ3v) is 8.06. The summed E-state index contributed by atoms with van der Waals surface area (Å²) in [6.07, 6.45) is 0. The van der Waals surface area contributed by atoms with Crippen LogP contribution >= 0.6 is 0 Å². The molecule has 9 nitrogen and oxygen atoms in total. The number of nitrogens with one attached hydrogen (secondary N) is 1. The molecular weight excluding hydrogens is 497 g/mol. The van der Waals surface area contributed by atoms with E-state index in [0.717, 1.165) is 5.69 Å². The summed E-state index contributed by atoms with van der Waals surface area (Å²) >= 11 is 0. The van der Waals surface area contributed by atoms with Crippen molar-refractivity contribution in [2.75, 3.05) is 25.5 Å². The van der Waals surface area contributed by atoms with E-state index in [9.17, 15) is 17.6 Å². The zero-order valence-electron chi connectivity index (χ0n) is 21.2. The largest absolute Gasteiger partial charge is 0.495 e. The number of aromatic nitrogens is 3. The second-order valence-electron chi connectivity index (χ2n) is 8.41. The van der Waals surface area contributed by atoms with Gasteiger partial charge in [0.2, 0.25) is 10.0 Å². The Hall–Kier alpha value is -3.83. The Morgan fingerprint density at radius 2 is 1.76 bits per heavy atom. The van der Waals surface area contributed by atoms with E-state index in [-0.39, 0.29) is 29.4 Å². The van der Waals surface area contributed by atoms with Gasteiger partial charge < -0.3 is 10.1 Å². The van der Waals surface area contributed by atoms with Gasteiger partial charge in [0.15, 0.2) is 11.3 Å². The van der Waals surface area contributed by atoms with Gasteiger partial charge in [-0.2, -0.15) is 9.40 Å². The summed E-state index contributed by atoms with van der Waals surface area (Å²) in [5.41, 5.74) is 3.08. The number of halogens is 1. The fourth-order valence-electron chi connectivity index (χ4n) is 4.21. The molecule has 0 fully saturated rings. The van der Waals surface area contributed by atoms with Crippen LogP contribution in [-0.2, 0) is 10.0 Å². The number of hydrogen-bond acceptors (Lipinski definition) is 6. The Morgan fingerprint density at radius 3 is 2.38 bits per heavy atom. The number of carbonyl (C=O) groups is 1. The van der Waals surface area contributed by atoms with Gasteiger partial charge in [-0.15, -0.1) is 0 Å². The number of nitrogens with zero attached hydrogens (tertiary/aromatic N) is 4. The zero-order valence-corrected chi connectivity index (χ0v) is 22.1. The summed E-state index contributed by atoms with van der Waals surface area (Å²) in [6, 6.07) is 11.9. The first-order valence-electron chi connectivity index (χ1n) is 11.7. The lowest BCUT2D eigenvalue weighted by Crippen LogP contribution is -2.30. The van der Waals surface area contributed by atoms with E-state index < -0.39 is 21.7 Å². The maximum Gasteiger partial charge on any atom is 0.276 e. The fourth-order valence-corrected chi connectivity index (χ4v) is 5.85. The fraction of sp³-hybridized carbons (Fsp3) is 0.269. The molecule has 11 heteroatoms. The van der Waals surface area contributed by atoms with Gasteiger partial charge in [-0.1, -0.05) is 19.9 Å². The van der Waals surface area contributed by atoms with Gasteiger partial charge in [0.25, 0.3) is 5.91 Å². The van der Waals surface area contributed by atoms with Crippen LogP contribution in [0.3, 0.4) is 0 Å². The molecule has 0 spiro atoms. The molecule has 0 atom stereocenters. The summed E-state index contributed by atoms with van der Waals surface area (Å²) in [5.74, 6) is -0.792. The number of benzene rings is 2. The van der Waals surface area contributed by atoms with Crippen molar-refractivity contribution >= 4 is 27.3 Å². The number of amides is 1. The molecule has 4 aromatic rings. The Bertz CT molecular complexity index is 1580. The zero-order chi connectivity index (χ0) is 26.9. The topological polar surface area (TPSA) is 106 Å². The minimum Gasteiger partial charge on any atom is -0.495 e. The second-order valence-corrected chi connectivity index (χ2v) is 10.3. The lowest BCUT2D eigenvalue weighted by Gasteiger charge is -2.20. The van der Waals surface area contributed by atoms with Gasteiger partial charge in [-0.3, -0.25) is 4.79 Å². The number of fused-ring (bicyclic) bond motifs is 1. The minimum atomic E-state index is -3.89. The molecule has 0 saturated heterocycles. The van der Waals surface area contributed by atoms with Crippen LogP contribution in [0.15, 0.2) is 53.4 Å². The summed E-state index contributed by atoms with van der Waals surface area (Å²) in [6.45, 7) is 7.76. The van der Waals surface area contributed by atoms with Crippen molar-refractivity contribution < 1.29 is 22.3 Å². The standard InChI is InChI=1S/C26H28FN5O4S/c1-6-31(7-2)37(34,35)22-15-18(8-13-21(22)36-5)23-24(26(33)29-20-11-9-19(27)10-12-20)30-32-17(4)14-16(3)28-25(23)32/h8-15H,6-7H2,1-5H3,(H,29,33). The summed E-state index contributed by atoms with van der Waals surface area (Å²) in [7, 11) is -2.48. The molecule has 4 rings (SSSR count). The van der Waals surface area contributed by atoms with Crippen molar-refractivity contribution in [1.82, 2.24) is 18.9 Å². The molecule has 2 aromatic heterocycles.